The zero-order valence-electron chi connectivity index (χ0n) is 7.55. The van der Waals surface area contributed by atoms with E-state index >= 15 is 0 Å². The Bertz CT molecular complexity index is 311. The van der Waals surface area contributed by atoms with Crippen LogP contribution in [-0.2, 0) is 6.42 Å². The quantitative estimate of drug-likeness (QED) is 0.863. The summed E-state index contributed by atoms with van der Waals surface area (Å²) in [4.78, 5) is 8.61. The van der Waals surface area contributed by atoms with E-state index in [1.807, 2.05) is 6.92 Å². The third-order valence-corrected chi connectivity index (χ3v) is 3.24. The second-order valence-corrected chi connectivity index (χ2v) is 4.36. The summed E-state index contributed by atoms with van der Waals surface area (Å²) in [5.74, 6) is 2.25. The lowest BCUT2D eigenvalue weighted by molar-refractivity contribution is 0.764. The lowest BCUT2D eigenvalue weighted by Crippen LogP contribution is -2.03. The van der Waals surface area contributed by atoms with Crippen LogP contribution in [0.4, 0.5) is 5.82 Å². The molecule has 70 valence electrons. The third kappa shape index (κ3) is 1.99. The highest BCUT2D eigenvalue weighted by Gasteiger charge is 2.23. The van der Waals surface area contributed by atoms with Gasteiger partial charge in [-0.3, -0.25) is 0 Å². The van der Waals surface area contributed by atoms with Crippen molar-refractivity contribution < 1.29 is 0 Å². The summed E-state index contributed by atoms with van der Waals surface area (Å²) >= 11 is 3.35. The Labute approximate surface area is 85.9 Å². The molecule has 0 aliphatic heterocycles. The van der Waals surface area contributed by atoms with E-state index in [-0.39, 0.29) is 0 Å². The number of rotatable bonds is 2. The molecule has 0 spiro atoms. The first-order valence-corrected chi connectivity index (χ1v) is 5.24. The second kappa shape index (κ2) is 3.25. The van der Waals surface area contributed by atoms with Gasteiger partial charge in [0.2, 0.25) is 0 Å². The molecule has 0 bridgehead atoms. The van der Waals surface area contributed by atoms with Crippen LogP contribution in [0.2, 0.25) is 0 Å². The summed E-state index contributed by atoms with van der Waals surface area (Å²) < 4.78 is 0.826. The van der Waals surface area contributed by atoms with Crippen molar-refractivity contribution in [1.82, 2.24) is 9.97 Å². The molecule has 0 saturated heterocycles. The molecular weight excluding hydrogens is 230 g/mol. The highest BCUT2D eigenvalue weighted by molar-refractivity contribution is 9.10. The van der Waals surface area contributed by atoms with Crippen molar-refractivity contribution in [3.8, 4) is 0 Å². The fraction of sp³-hybridized carbons (Fsp3) is 0.556. The number of hydrogen-bond donors (Lipinski definition) is 1. The maximum atomic E-state index is 5.72. The van der Waals surface area contributed by atoms with E-state index in [9.17, 15) is 0 Å². The van der Waals surface area contributed by atoms with Crippen LogP contribution in [0.5, 0.6) is 0 Å². The van der Waals surface area contributed by atoms with Gasteiger partial charge in [-0.05, 0) is 41.6 Å². The lowest BCUT2D eigenvalue weighted by Gasteiger charge is -2.04. The first-order valence-electron chi connectivity index (χ1n) is 4.45. The van der Waals surface area contributed by atoms with Crippen LogP contribution in [-0.4, -0.2) is 9.97 Å². The Kier molecular flexibility index (Phi) is 2.24. The van der Waals surface area contributed by atoms with Crippen molar-refractivity contribution in [1.29, 1.82) is 0 Å². The smallest absolute Gasteiger partial charge is 0.141 e. The lowest BCUT2D eigenvalue weighted by atomic mass is 10.2. The number of nitrogens with zero attached hydrogens (tertiary/aromatic N) is 2. The molecular formula is C9H12BrN3. The normalized spacial score (nSPS) is 16.2. The van der Waals surface area contributed by atoms with Crippen molar-refractivity contribution in [2.24, 2.45) is 5.92 Å². The molecule has 1 aliphatic rings. The standard InChI is InChI=1S/C9H12BrN3/c1-5-8(10)9(11)13-7(12-5)4-6-2-3-6/h6H,2-4H2,1H3,(H2,11,12,13). The molecule has 1 aromatic heterocycles. The summed E-state index contributed by atoms with van der Waals surface area (Å²) in [6.07, 6.45) is 3.62. The van der Waals surface area contributed by atoms with E-state index in [2.05, 4.69) is 25.9 Å². The van der Waals surface area contributed by atoms with Crippen molar-refractivity contribution in [3.63, 3.8) is 0 Å². The van der Waals surface area contributed by atoms with E-state index in [0.717, 1.165) is 28.3 Å². The number of nitrogens with two attached hydrogens (primary N) is 1. The maximum Gasteiger partial charge on any atom is 0.141 e. The van der Waals surface area contributed by atoms with Gasteiger partial charge in [0.25, 0.3) is 0 Å². The van der Waals surface area contributed by atoms with Gasteiger partial charge in [0.15, 0.2) is 0 Å². The summed E-state index contributed by atoms with van der Waals surface area (Å²) in [5.41, 5.74) is 6.65. The van der Waals surface area contributed by atoms with Gasteiger partial charge in [-0.1, -0.05) is 0 Å². The molecule has 1 fully saturated rings. The predicted octanol–water partition coefficient (Wildman–Crippen LogP) is 2.08. The summed E-state index contributed by atoms with van der Waals surface area (Å²) in [6.45, 7) is 1.94. The zero-order chi connectivity index (χ0) is 9.42. The summed E-state index contributed by atoms with van der Waals surface area (Å²) in [7, 11) is 0. The van der Waals surface area contributed by atoms with Gasteiger partial charge in [0.05, 0.1) is 10.2 Å². The molecule has 2 N–H and O–H groups in total. The SMILES string of the molecule is Cc1nc(CC2CC2)nc(N)c1Br. The van der Waals surface area contributed by atoms with Gasteiger partial charge in [0, 0.05) is 6.42 Å². The molecule has 1 heterocycles. The molecule has 0 amide bonds. The monoisotopic (exact) mass is 241 g/mol. The largest absolute Gasteiger partial charge is 0.383 e. The molecule has 0 atom stereocenters. The predicted molar refractivity (Wildman–Crippen MR) is 55.3 cm³/mol. The van der Waals surface area contributed by atoms with Gasteiger partial charge < -0.3 is 5.73 Å². The minimum atomic E-state index is 0.558. The minimum Gasteiger partial charge on any atom is -0.383 e. The molecule has 2 rings (SSSR count). The first-order chi connectivity index (χ1) is 6.16. The second-order valence-electron chi connectivity index (χ2n) is 3.57. The number of aromatic nitrogens is 2. The summed E-state index contributed by atoms with van der Waals surface area (Å²) in [5, 5.41) is 0. The third-order valence-electron chi connectivity index (χ3n) is 2.26. The van der Waals surface area contributed by atoms with Crippen molar-refractivity contribution in [2.45, 2.75) is 26.2 Å². The first kappa shape index (κ1) is 8.94. The average Bonchev–Trinajstić information content (AvgIpc) is 2.84. The summed E-state index contributed by atoms with van der Waals surface area (Å²) in [6, 6.07) is 0. The topological polar surface area (TPSA) is 51.8 Å². The van der Waals surface area contributed by atoms with Crippen LogP contribution in [0.1, 0.15) is 24.4 Å². The van der Waals surface area contributed by atoms with E-state index in [1.165, 1.54) is 12.8 Å². The van der Waals surface area contributed by atoms with Crippen LogP contribution >= 0.6 is 15.9 Å². The number of hydrogen-bond acceptors (Lipinski definition) is 3. The molecule has 0 radical (unpaired) electrons. The number of halogens is 1. The Balaban J connectivity index is 2.25. The van der Waals surface area contributed by atoms with Crippen molar-refractivity contribution in [3.05, 3.63) is 16.0 Å². The molecule has 1 saturated carbocycles. The zero-order valence-corrected chi connectivity index (χ0v) is 9.13. The van der Waals surface area contributed by atoms with Crippen molar-refractivity contribution >= 4 is 21.7 Å². The Morgan fingerprint density at radius 2 is 2.15 bits per heavy atom. The molecule has 3 nitrogen and oxygen atoms in total. The highest BCUT2D eigenvalue weighted by atomic mass is 79.9. The van der Waals surface area contributed by atoms with Crippen LogP contribution in [0.3, 0.4) is 0 Å². The molecule has 1 aromatic rings. The molecule has 0 unspecified atom stereocenters. The van der Waals surface area contributed by atoms with Gasteiger partial charge in [-0.15, -0.1) is 0 Å². The molecule has 4 heteroatoms. The Hall–Kier alpha value is -0.640. The van der Waals surface area contributed by atoms with E-state index in [0.29, 0.717) is 5.82 Å². The highest BCUT2D eigenvalue weighted by Crippen LogP contribution is 2.32. The fourth-order valence-corrected chi connectivity index (χ4v) is 1.49. The number of nitrogen functional groups attached to an aromatic ring is 1. The van der Waals surface area contributed by atoms with Gasteiger partial charge in [-0.25, -0.2) is 9.97 Å². The Morgan fingerprint density at radius 3 is 2.69 bits per heavy atom. The number of aryl methyl sites for hydroxylation is 1. The maximum absolute atomic E-state index is 5.72. The van der Waals surface area contributed by atoms with Gasteiger partial charge >= 0.3 is 0 Å². The number of anilines is 1. The minimum absolute atomic E-state index is 0.558. The van der Waals surface area contributed by atoms with Crippen LogP contribution in [0, 0.1) is 12.8 Å². The molecule has 13 heavy (non-hydrogen) atoms. The van der Waals surface area contributed by atoms with Gasteiger partial charge in [0.1, 0.15) is 11.6 Å². The average molecular weight is 242 g/mol. The molecule has 0 aromatic carbocycles. The van der Waals surface area contributed by atoms with E-state index in [4.69, 9.17) is 5.73 Å². The molecule has 1 aliphatic carbocycles. The van der Waals surface area contributed by atoms with Crippen LogP contribution < -0.4 is 5.73 Å². The fourth-order valence-electron chi connectivity index (χ4n) is 1.31. The van der Waals surface area contributed by atoms with E-state index in [1.54, 1.807) is 0 Å². The van der Waals surface area contributed by atoms with E-state index < -0.39 is 0 Å². The van der Waals surface area contributed by atoms with Gasteiger partial charge in [-0.2, -0.15) is 0 Å². The Morgan fingerprint density at radius 1 is 1.46 bits per heavy atom. The van der Waals surface area contributed by atoms with Crippen LogP contribution in [0.25, 0.3) is 0 Å². The van der Waals surface area contributed by atoms with Crippen molar-refractivity contribution in [2.75, 3.05) is 5.73 Å². The van der Waals surface area contributed by atoms with Crippen LogP contribution in [0.15, 0.2) is 4.47 Å².